The summed E-state index contributed by atoms with van der Waals surface area (Å²) >= 11 is 0. The van der Waals surface area contributed by atoms with Crippen molar-refractivity contribution in [3.63, 3.8) is 0 Å². The van der Waals surface area contributed by atoms with E-state index in [1.807, 2.05) is 0 Å². The first-order valence-electron chi connectivity index (χ1n) is 7.19. The summed E-state index contributed by atoms with van der Waals surface area (Å²) in [5, 5.41) is 0. The van der Waals surface area contributed by atoms with Gasteiger partial charge in [-0.15, -0.1) is 5.73 Å². The van der Waals surface area contributed by atoms with Gasteiger partial charge in [-0.05, 0) is 56.1 Å². The molecule has 1 unspecified atom stereocenters. The van der Waals surface area contributed by atoms with Gasteiger partial charge >= 0.3 is 0 Å². The van der Waals surface area contributed by atoms with E-state index in [-0.39, 0.29) is 12.2 Å². The molecule has 0 aliphatic carbocycles. The molecule has 2 heteroatoms. The maximum atomic E-state index is 10.4. The first kappa shape index (κ1) is 15.9. The van der Waals surface area contributed by atoms with Crippen molar-refractivity contribution in [2.24, 2.45) is 5.92 Å². The summed E-state index contributed by atoms with van der Waals surface area (Å²) in [6.07, 6.45) is 6.89. The van der Waals surface area contributed by atoms with Gasteiger partial charge in [0.05, 0.1) is 12.2 Å². The van der Waals surface area contributed by atoms with Crippen molar-refractivity contribution in [3.05, 3.63) is 30.0 Å². The fraction of sp³-hybridized carbons (Fsp3) is 0.647. The number of aldehydes is 1. The molecule has 19 heavy (non-hydrogen) atoms. The van der Waals surface area contributed by atoms with Gasteiger partial charge in [-0.2, -0.15) is 0 Å². The quantitative estimate of drug-likeness (QED) is 0.372. The number of allylic oxidation sites excluding steroid dienone is 1. The lowest BCUT2D eigenvalue weighted by atomic mass is 9.94. The zero-order valence-electron chi connectivity index (χ0n) is 12.3. The highest BCUT2D eigenvalue weighted by Gasteiger charge is 2.28. The lowest BCUT2D eigenvalue weighted by Gasteiger charge is -2.16. The Morgan fingerprint density at radius 3 is 2.95 bits per heavy atom. The minimum atomic E-state index is 0.187. The van der Waals surface area contributed by atoms with Crippen LogP contribution in [0.3, 0.4) is 0 Å². The van der Waals surface area contributed by atoms with Crippen LogP contribution >= 0.6 is 0 Å². The van der Waals surface area contributed by atoms with E-state index in [2.05, 4.69) is 32.7 Å². The predicted octanol–water partition coefficient (Wildman–Crippen LogP) is 4.22. The van der Waals surface area contributed by atoms with Crippen LogP contribution in [0, 0.1) is 5.92 Å². The smallest absolute Gasteiger partial charge is 0.120 e. The molecule has 0 amide bonds. The van der Waals surface area contributed by atoms with E-state index >= 15 is 0 Å². The first-order valence-corrected chi connectivity index (χ1v) is 7.19. The van der Waals surface area contributed by atoms with Crippen LogP contribution < -0.4 is 0 Å². The van der Waals surface area contributed by atoms with Crippen LogP contribution in [-0.4, -0.2) is 18.5 Å². The molecule has 0 aromatic carbocycles. The molecule has 106 valence electrons. The lowest BCUT2D eigenvalue weighted by molar-refractivity contribution is -0.108. The van der Waals surface area contributed by atoms with E-state index in [1.165, 1.54) is 11.1 Å². The minimum Gasteiger partial charge on any atom is -0.370 e. The summed E-state index contributed by atoms with van der Waals surface area (Å²) in [6.45, 7) is 12.1. The topological polar surface area (TPSA) is 26.3 Å². The van der Waals surface area contributed by atoms with Gasteiger partial charge in [-0.1, -0.05) is 20.1 Å². The normalized spacial score (nSPS) is 24.0. The van der Waals surface area contributed by atoms with Crippen molar-refractivity contribution in [1.29, 1.82) is 0 Å². The number of rotatable bonds is 8. The summed E-state index contributed by atoms with van der Waals surface area (Å²) in [5.41, 5.74) is 5.37. The average molecular weight is 262 g/mol. The van der Waals surface area contributed by atoms with E-state index in [0.29, 0.717) is 12.3 Å². The first-order chi connectivity index (χ1) is 9.06. The fourth-order valence-electron chi connectivity index (χ4n) is 2.63. The molecule has 1 aliphatic heterocycles. The molecule has 0 bridgehead atoms. The van der Waals surface area contributed by atoms with Gasteiger partial charge in [0.1, 0.15) is 6.29 Å². The summed E-state index contributed by atoms with van der Waals surface area (Å²) < 4.78 is 5.96. The summed E-state index contributed by atoms with van der Waals surface area (Å²) in [7, 11) is 0. The van der Waals surface area contributed by atoms with Crippen LogP contribution in [0.4, 0.5) is 0 Å². The molecule has 0 radical (unpaired) electrons. The summed E-state index contributed by atoms with van der Waals surface area (Å²) in [5.74, 6) is 0.625. The van der Waals surface area contributed by atoms with Gasteiger partial charge in [0, 0.05) is 6.42 Å². The van der Waals surface area contributed by atoms with E-state index in [9.17, 15) is 4.79 Å². The van der Waals surface area contributed by atoms with Crippen LogP contribution in [-0.2, 0) is 9.53 Å². The van der Waals surface area contributed by atoms with Gasteiger partial charge < -0.3 is 9.53 Å². The summed E-state index contributed by atoms with van der Waals surface area (Å²) in [4.78, 5) is 10.4. The third kappa shape index (κ3) is 5.59. The van der Waals surface area contributed by atoms with Crippen molar-refractivity contribution in [2.45, 2.75) is 64.6 Å². The van der Waals surface area contributed by atoms with Crippen molar-refractivity contribution >= 4 is 6.29 Å². The molecule has 0 aromatic rings. The Hall–Kier alpha value is -1.11. The van der Waals surface area contributed by atoms with Crippen molar-refractivity contribution in [2.75, 3.05) is 0 Å². The van der Waals surface area contributed by atoms with Gasteiger partial charge in [0.25, 0.3) is 0 Å². The van der Waals surface area contributed by atoms with Crippen LogP contribution in [0.5, 0.6) is 0 Å². The number of ether oxygens (including phenoxy) is 1. The second-order valence-corrected chi connectivity index (χ2v) is 5.70. The Morgan fingerprint density at radius 1 is 1.58 bits per heavy atom. The van der Waals surface area contributed by atoms with E-state index in [1.54, 1.807) is 0 Å². The Labute approximate surface area is 117 Å². The zero-order valence-corrected chi connectivity index (χ0v) is 12.3. The molecule has 2 nitrogen and oxygen atoms in total. The van der Waals surface area contributed by atoms with Crippen LogP contribution in [0.15, 0.2) is 30.0 Å². The van der Waals surface area contributed by atoms with Crippen LogP contribution in [0.2, 0.25) is 0 Å². The van der Waals surface area contributed by atoms with Gasteiger partial charge in [0.15, 0.2) is 0 Å². The minimum absolute atomic E-state index is 0.187. The molecule has 1 fully saturated rings. The highest BCUT2D eigenvalue weighted by molar-refractivity contribution is 5.49. The van der Waals surface area contributed by atoms with Crippen LogP contribution in [0.1, 0.15) is 52.4 Å². The third-order valence-corrected chi connectivity index (χ3v) is 3.79. The van der Waals surface area contributed by atoms with Crippen molar-refractivity contribution < 1.29 is 9.53 Å². The second-order valence-electron chi connectivity index (χ2n) is 5.70. The molecular weight excluding hydrogens is 236 g/mol. The summed E-state index contributed by atoms with van der Waals surface area (Å²) in [6, 6.07) is 0. The third-order valence-electron chi connectivity index (χ3n) is 3.79. The second kappa shape index (κ2) is 8.14. The maximum absolute atomic E-state index is 10.4. The van der Waals surface area contributed by atoms with Gasteiger partial charge in [-0.3, -0.25) is 0 Å². The Bertz CT molecular complexity index is 363. The molecule has 0 spiro atoms. The van der Waals surface area contributed by atoms with E-state index in [0.717, 1.165) is 38.4 Å². The molecule has 1 rings (SSSR count). The Kier molecular flexibility index (Phi) is 6.83. The standard InChI is InChI=1S/C17H26O2/c1-5-13(2)11-14(3)8-9-17-15(4)12-16(19-17)7-6-10-18/h10,14,16-17H,1,4,6-9,11-12H2,2-3H3/t14-,16-,17?/m0/s1. The molecule has 1 heterocycles. The monoisotopic (exact) mass is 262 g/mol. The Morgan fingerprint density at radius 2 is 2.32 bits per heavy atom. The lowest BCUT2D eigenvalue weighted by Crippen LogP contribution is -2.13. The number of carbonyl (C=O) groups is 1. The number of hydrogen-bond acceptors (Lipinski definition) is 2. The SMILES string of the molecule is C=C=C(C)C[C@@H](C)CCC1O[C@@H](CCC=O)CC1=C. The van der Waals surface area contributed by atoms with E-state index < -0.39 is 0 Å². The molecule has 0 saturated carbocycles. The van der Waals surface area contributed by atoms with Crippen molar-refractivity contribution in [1.82, 2.24) is 0 Å². The highest BCUT2D eigenvalue weighted by Crippen LogP contribution is 2.31. The molecule has 0 aromatic heterocycles. The molecule has 3 atom stereocenters. The number of hydrogen-bond donors (Lipinski definition) is 0. The average Bonchev–Trinajstić information content (AvgIpc) is 2.74. The van der Waals surface area contributed by atoms with Crippen LogP contribution in [0.25, 0.3) is 0 Å². The number of carbonyl (C=O) groups excluding carboxylic acids is 1. The molecular formula is C17H26O2. The molecule has 0 N–H and O–H groups in total. The zero-order chi connectivity index (χ0) is 14.3. The van der Waals surface area contributed by atoms with Crippen molar-refractivity contribution in [3.8, 4) is 0 Å². The fourth-order valence-corrected chi connectivity index (χ4v) is 2.63. The van der Waals surface area contributed by atoms with E-state index in [4.69, 9.17) is 4.74 Å². The molecule has 1 aliphatic rings. The predicted molar refractivity (Wildman–Crippen MR) is 79.1 cm³/mol. The Balaban J connectivity index is 2.31. The largest absolute Gasteiger partial charge is 0.370 e. The molecule has 1 saturated heterocycles. The van der Waals surface area contributed by atoms with Gasteiger partial charge in [0.2, 0.25) is 0 Å². The highest BCUT2D eigenvalue weighted by atomic mass is 16.5. The maximum Gasteiger partial charge on any atom is 0.120 e. The van der Waals surface area contributed by atoms with Gasteiger partial charge in [-0.25, -0.2) is 0 Å².